The lowest BCUT2D eigenvalue weighted by molar-refractivity contribution is -0.119. The van der Waals surface area contributed by atoms with E-state index < -0.39 is 5.92 Å². The number of ether oxygens (including phenoxy) is 2. The van der Waals surface area contributed by atoms with Crippen LogP contribution in [0.4, 0.5) is 4.39 Å². The second kappa shape index (κ2) is 13.0. The van der Waals surface area contributed by atoms with Crippen molar-refractivity contribution >= 4 is 23.2 Å². The van der Waals surface area contributed by atoms with E-state index in [2.05, 4.69) is 44.7 Å². The van der Waals surface area contributed by atoms with Crippen molar-refractivity contribution in [1.82, 2.24) is 4.90 Å². The van der Waals surface area contributed by atoms with Crippen molar-refractivity contribution in [2.24, 2.45) is 10.8 Å². The molecule has 0 N–H and O–H groups in total. The highest BCUT2D eigenvalue weighted by atomic mass is 35.5. The van der Waals surface area contributed by atoms with Gasteiger partial charge in [0.1, 0.15) is 12.4 Å². The molecule has 1 aliphatic heterocycles. The fourth-order valence-corrected chi connectivity index (χ4v) is 7.73. The molecule has 3 aromatic rings. The highest BCUT2D eigenvalue weighted by Crippen LogP contribution is 2.55. The summed E-state index contributed by atoms with van der Waals surface area (Å²) in [5, 5.41) is 0.283. The lowest BCUT2D eigenvalue weighted by atomic mass is 9.63. The van der Waals surface area contributed by atoms with Crippen LogP contribution in [0.3, 0.4) is 0 Å². The SMILES string of the molecule is CCOc1cc(C2C3=C(CC(C)(C)CC3=O)N(CCc3ccccc3)C3=C2C(=O)CC(C)(C)C3)cc(Cl)c1OCc1ccccc1F. The molecule has 3 aromatic carbocycles. The first-order valence-corrected chi connectivity index (χ1v) is 16.9. The first-order chi connectivity index (χ1) is 22.4. The first-order valence-electron chi connectivity index (χ1n) is 16.5. The van der Waals surface area contributed by atoms with E-state index in [1.165, 1.54) is 11.6 Å². The van der Waals surface area contributed by atoms with Gasteiger partial charge in [0.15, 0.2) is 23.1 Å². The molecule has 6 rings (SSSR count). The minimum atomic E-state index is -0.572. The Morgan fingerprint density at radius 2 is 1.43 bits per heavy atom. The normalized spacial score (nSPS) is 19.1. The Balaban J connectivity index is 1.49. The Morgan fingerprint density at radius 3 is 2.02 bits per heavy atom. The van der Waals surface area contributed by atoms with Gasteiger partial charge in [-0.15, -0.1) is 0 Å². The minimum absolute atomic E-state index is 0.0304. The van der Waals surface area contributed by atoms with Crippen LogP contribution in [0.1, 0.15) is 82.9 Å². The van der Waals surface area contributed by atoms with Crippen molar-refractivity contribution in [2.75, 3.05) is 13.2 Å². The molecule has 0 saturated heterocycles. The van der Waals surface area contributed by atoms with Crippen LogP contribution in [0.5, 0.6) is 11.5 Å². The zero-order valence-electron chi connectivity index (χ0n) is 27.9. The second-order valence-corrected chi connectivity index (χ2v) is 15.0. The number of allylic oxidation sites excluding steroid dienone is 4. The van der Waals surface area contributed by atoms with Crippen molar-refractivity contribution in [3.63, 3.8) is 0 Å². The molecular weight excluding hydrogens is 613 g/mol. The van der Waals surface area contributed by atoms with Crippen LogP contribution < -0.4 is 9.47 Å². The summed E-state index contributed by atoms with van der Waals surface area (Å²) in [5.41, 5.74) is 5.25. The summed E-state index contributed by atoms with van der Waals surface area (Å²) >= 11 is 6.94. The highest BCUT2D eigenvalue weighted by Gasteiger charge is 2.49. The molecule has 0 aromatic heterocycles. The molecule has 0 amide bonds. The zero-order chi connectivity index (χ0) is 33.5. The molecular formula is C40H43ClFNO4. The van der Waals surface area contributed by atoms with Crippen LogP contribution in [-0.4, -0.2) is 29.6 Å². The Morgan fingerprint density at radius 1 is 0.830 bits per heavy atom. The van der Waals surface area contributed by atoms with Crippen molar-refractivity contribution in [3.05, 3.63) is 117 Å². The van der Waals surface area contributed by atoms with E-state index in [0.29, 0.717) is 54.2 Å². The molecule has 0 atom stereocenters. The largest absolute Gasteiger partial charge is 0.490 e. The quantitative estimate of drug-likeness (QED) is 0.230. The van der Waals surface area contributed by atoms with Gasteiger partial charge in [0.2, 0.25) is 0 Å². The first kappa shape index (κ1) is 33.0. The maximum atomic E-state index is 14.4. The van der Waals surface area contributed by atoms with Crippen LogP contribution in [0.2, 0.25) is 5.02 Å². The average molecular weight is 656 g/mol. The van der Waals surface area contributed by atoms with Crippen LogP contribution >= 0.6 is 11.6 Å². The Bertz CT molecular complexity index is 1720. The number of hydrogen-bond donors (Lipinski definition) is 0. The van der Waals surface area contributed by atoms with E-state index in [0.717, 1.165) is 36.2 Å². The predicted octanol–water partition coefficient (Wildman–Crippen LogP) is 9.39. The molecule has 5 nitrogen and oxygen atoms in total. The summed E-state index contributed by atoms with van der Waals surface area (Å²) < 4.78 is 26.5. The Hall–Kier alpha value is -3.90. The van der Waals surface area contributed by atoms with Gasteiger partial charge in [0.25, 0.3) is 0 Å². The lowest BCUT2D eigenvalue weighted by Crippen LogP contribution is -2.45. The van der Waals surface area contributed by atoms with Gasteiger partial charge < -0.3 is 14.4 Å². The average Bonchev–Trinajstić information content (AvgIpc) is 2.99. The summed E-state index contributed by atoms with van der Waals surface area (Å²) in [6.45, 7) is 11.4. The maximum Gasteiger partial charge on any atom is 0.180 e. The van der Waals surface area contributed by atoms with Crippen LogP contribution in [0, 0.1) is 16.6 Å². The van der Waals surface area contributed by atoms with E-state index in [4.69, 9.17) is 21.1 Å². The maximum absolute atomic E-state index is 14.4. The van der Waals surface area contributed by atoms with Gasteiger partial charge >= 0.3 is 0 Å². The number of ketones is 2. The number of nitrogens with zero attached hydrogens (tertiary/aromatic N) is 1. The van der Waals surface area contributed by atoms with Gasteiger partial charge in [-0.05, 0) is 66.3 Å². The van der Waals surface area contributed by atoms with Crippen molar-refractivity contribution < 1.29 is 23.5 Å². The number of halogens is 2. The predicted molar refractivity (Wildman–Crippen MR) is 183 cm³/mol. The molecule has 47 heavy (non-hydrogen) atoms. The van der Waals surface area contributed by atoms with Gasteiger partial charge in [0, 0.05) is 53.4 Å². The van der Waals surface area contributed by atoms with Crippen LogP contribution in [0.15, 0.2) is 89.3 Å². The molecule has 7 heteroatoms. The van der Waals surface area contributed by atoms with Gasteiger partial charge in [-0.3, -0.25) is 9.59 Å². The van der Waals surface area contributed by atoms with Crippen LogP contribution in [0.25, 0.3) is 0 Å². The van der Waals surface area contributed by atoms with Crippen molar-refractivity contribution in [1.29, 1.82) is 0 Å². The van der Waals surface area contributed by atoms with Gasteiger partial charge in [-0.1, -0.05) is 87.8 Å². The molecule has 0 radical (unpaired) electrons. The van der Waals surface area contributed by atoms with E-state index in [1.54, 1.807) is 24.3 Å². The number of benzene rings is 3. The number of rotatable bonds is 9. The molecule has 0 spiro atoms. The van der Waals surface area contributed by atoms with Crippen molar-refractivity contribution in [2.45, 2.75) is 79.2 Å². The monoisotopic (exact) mass is 655 g/mol. The van der Waals surface area contributed by atoms with Gasteiger partial charge in [0.05, 0.1) is 11.6 Å². The summed E-state index contributed by atoms with van der Waals surface area (Å²) in [6.07, 6.45) is 3.03. The highest BCUT2D eigenvalue weighted by molar-refractivity contribution is 6.32. The number of Topliss-reactive ketones (excluding diaryl/α,β-unsaturated/α-hetero) is 2. The second-order valence-electron chi connectivity index (χ2n) is 14.6. The summed E-state index contributed by atoms with van der Waals surface area (Å²) in [7, 11) is 0. The lowest BCUT2D eigenvalue weighted by Gasteiger charge is -2.49. The standard InChI is InChI=1S/C40H43ClFNO4/c1-6-46-34-19-27(18-28(41)38(34)47-24-26-14-10-11-15-29(26)42)35-36-30(20-39(2,3)22-32(36)44)43(17-16-25-12-8-7-9-13-25)31-21-40(4,5)23-33(45)37(31)35/h7-15,18-19,35H,6,16-17,20-24H2,1-5H3. The zero-order valence-corrected chi connectivity index (χ0v) is 28.7. The third kappa shape index (κ3) is 6.76. The fraction of sp³-hybridized carbons (Fsp3) is 0.400. The molecule has 0 unspecified atom stereocenters. The molecule has 2 aliphatic carbocycles. The fourth-order valence-electron chi connectivity index (χ4n) is 7.46. The van der Waals surface area contributed by atoms with Crippen LogP contribution in [-0.2, 0) is 22.6 Å². The summed E-state index contributed by atoms with van der Waals surface area (Å²) in [4.78, 5) is 30.8. The number of carbonyl (C=O) groups is 2. The molecule has 3 aliphatic rings. The number of carbonyl (C=O) groups excluding carboxylic acids is 2. The van der Waals surface area contributed by atoms with E-state index >= 15 is 0 Å². The summed E-state index contributed by atoms with van der Waals surface area (Å²) in [5.74, 6) is -0.120. The topological polar surface area (TPSA) is 55.8 Å². The summed E-state index contributed by atoms with van der Waals surface area (Å²) in [6, 6.07) is 20.4. The molecule has 0 bridgehead atoms. The number of hydrogen-bond acceptors (Lipinski definition) is 5. The molecule has 246 valence electrons. The molecule has 0 saturated carbocycles. The van der Waals surface area contributed by atoms with Gasteiger partial charge in [-0.25, -0.2) is 4.39 Å². The third-order valence-corrected chi connectivity index (χ3v) is 9.76. The minimum Gasteiger partial charge on any atom is -0.490 e. The Labute approximate surface area is 282 Å². The van der Waals surface area contributed by atoms with Gasteiger partial charge in [-0.2, -0.15) is 0 Å². The smallest absolute Gasteiger partial charge is 0.180 e. The van der Waals surface area contributed by atoms with E-state index in [1.807, 2.05) is 31.2 Å². The van der Waals surface area contributed by atoms with E-state index in [9.17, 15) is 14.0 Å². The van der Waals surface area contributed by atoms with E-state index in [-0.39, 0.29) is 39.8 Å². The Kier molecular flexibility index (Phi) is 9.10. The third-order valence-electron chi connectivity index (χ3n) is 9.48. The van der Waals surface area contributed by atoms with Crippen molar-refractivity contribution in [3.8, 4) is 11.5 Å². The molecule has 0 fully saturated rings. The molecule has 1 heterocycles.